The van der Waals surface area contributed by atoms with E-state index in [0.29, 0.717) is 19.6 Å². The maximum absolute atomic E-state index is 12.9. The molecule has 1 heterocycles. The third-order valence-corrected chi connectivity index (χ3v) is 2.40. The highest BCUT2D eigenvalue weighted by Gasteiger charge is 2.22. The van der Waals surface area contributed by atoms with Crippen LogP contribution in [0.15, 0.2) is 18.2 Å². The molecule has 1 atom stereocenters. The first kappa shape index (κ1) is 10.9. The molecule has 16 heavy (non-hydrogen) atoms. The number of rotatable bonds is 2. The SMILES string of the molecule is Nc1ccc(F)cc1C(=O)OC1CCOC1. The number of hydrogen-bond donors (Lipinski definition) is 1. The molecule has 86 valence electrons. The van der Waals surface area contributed by atoms with E-state index in [1.807, 2.05) is 0 Å². The zero-order valence-corrected chi connectivity index (χ0v) is 8.61. The normalized spacial score (nSPS) is 19.7. The Balaban J connectivity index is 2.10. The van der Waals surface area contributed by atoms with Crippen molar-refractivity contribution in [1.82, 2.24) is 0 Å². The van der Waals surface area contributed by atoms with E-state index in [1.54, 1.807) is 0 Å². The Kier molecular flexibility index (Phi) is 3.05. The van der Waals surface area contributed by atoms with Crippen molar-refractivity contribution in [1.29, 1.82) is 0 Å². The van der Waals surface area contributed by atoms with E-state index in [-0.39, 0.29) is 17.4 Å². The van der Waals surface area contributed by atoms with Crippen molar-refractivity contribution in [3.8, 4) is 0 Å². The Morgan fingerprint density at radius 3 is 3.06 bits per heavy atom. The molecule has 0 bridgehead atoms. The number of halogens is 1. The number of nitrogen functional groups attached to an aromatic ring is 1. The summed E-state index contributed by atoms with van der Waals surface area (Å²) in [5, 5.41) is 0. The lowest BCUT2D eigenvalue weighted by Gasteiger charge is -2.11. The third kappa shape index (κ3) is 2.30. The Morgan fingerprint density at radius 2 is 2.38 bits per heavy atom. The third-order valence-electron chi connectivity index (χ3n) is 2.40. The number of benzene rings is 1. The van der Waals surface area contributed by atoms with E-state index < -0.39 is 11.8 Å². The fraction of sp³-hybridized carbons (Fsp3) is 0.364. The predicted molar refractivity (Wildman–Crippen MR) is 55.5 cm³/mol. The van der Waals surface area contributed by atoms with Crippen molar-refractivity contribution < 1.29 is 18.7 Å². The summed E-state index contributed by atoms with van der Waals surface area (Å²) in [5.41, 5.74) is 5.84. The van der Waals surface area contributed by atoms with Gasteiger partial charge in [0.25, 0.3) is 0 Å². The summed E-state index contributed by atoms with van der Waals surface area (Å²) in [7, 11) is 0. The molecule has 1 saturated heterocycles. The molecular weight excluding hydrogens is 213 g/mol. The summed E-state index contributed by atoms with van der Waals surface area (Å²) in [4.78, 5) is 11.6. The van der Waals surface area contributed by atoms with Crippen LogP contribution in [0.5, 0.6) is 0 Å². The van der Waals surface area contributed by atoms with Gasteiger partial charge >= 0.3 is 5.97 Å². The molecule has 0 spiro atoms. The van der Waals surface area contributed by atoms with Gasteiger partial charge in [0.2, 0.25) is 0 Å². The molecule has 0 aromatic heterocycles. The molecule has 4 nitrogen and oxygen atoms in total. The van der Waals surface area contributed by atoms with Gasteiger partial charge in [0.1, 0.15) is 11.9 Å². The van der Waals surface area contributed by atoms with Crippen molar-refractivity contribution in [2.45, 2.75) is 12.5 Å². The largest absolute Gasteiger partial charge is 0.456 e. The van der Waals surface area contributed by atoms with Crippen molar-refractivity contribution >= 4 is 11.7 Å². The van der Waals surface area contributed by atoms with E-state index in [2.05, 4.69) is 0 Å². The zero-order chi connectivity index (χ0) is 11.5. The van der Waals surface area contributed by atoms with E-state index in [9.17, 15) is 9.18 Å². The van der Waals surface area contributed by atoms with Crippen LogP contribution in [-0.2, 0) is 9.47 Å². The topological polar surface area (TPSA) is 61.6 Å². The number of nitrogens with two attached hydrogens (primary N) is 1. The van der Waals surface area contributed by atoms with Crippen molar-refractivity contribution in [2.75, 3.05) is 18.9 Å². The average Bonchev–Trinajstić information content (AvgIpc) is 2.74. The maximum atomic E-state index is 12.9. The van der Waals surface area contributed by atoms with E-state index in [4.69, 9.17) is 15.2 Å². The standard InChI is InChI=1S/C11H12FNO3/c12-7-1-2-10(13)9(5-7)11(14)16-8-3-4-15-6-8/h1-2,5,8H,3-4,6,13H2. The first-order chi connectivity index (χ1) is 7.66. The van der Waals surface area contributed by atoms with Gasteiger partial charge in [0.15, 0.2) is 0 Å². The molecule has 1 fully saturated rings. The van der Waals surface area contributed by atoms with Crippen molar-refractivity contribution in [3.05, 3.63) is 29.6 Å². The molecule has 0 saturated carbocycles. The molecule has 2 rings (SSSR count). The highest BCUT2D eigenvalue weighted by atomic mass is 19.1. The quantitative estimate of drug-likeness (QED) is 0.609. The van der Waals surface area contributed by atoms with Crippen LogP contribution in [0.25, 0.3) is 0 Å². The Morgan fingerprint density at radius 1 is 1.56 bits per heavy atom. The molecule has 0 aliphatic carbocycles. The van der Waals surface area contributed by atoms with Crippen LogP contribution in [0.1, 0.15) is 16.8 Å². The minimum absolute atomic E-state index is 0.0619. The molecule has 5 heteroatoms. The van der Waals surface area contributed by atoms with Gasteiger partial charge in [-0.15, -0.1) is 0 Å². The Bertz CT molecular complexity index is 402. The smallest absolute Gasteiger partial charge is 0.340 e. The van der Waals surface area contributed by atoms with Gasteiger partial charge < -0.3 is 15.2 Å². The molecule has 1 unspecified atom stereocenters. The van der Waals surface area contributed by atoms with Crippen molar-refractivity contribution in [3.63, 3.8) is 0 Å². The lowest BCUT2D eigenvalue weighted by molar-refractivity contribution is 0.0271. The van der Waals surface area contributed by atoms with Gasteiger partial charge in [0, 0.05) is 12.1 Å². The zero-order valence-electron chi connectivity index (χ0n) is 8.61. The molecule has 1 aliphatic heterocycles. The maximum Gasteiger partial charge on any atom is 0.340 e. The minimum Gasteiger partial charge on any atom is -0.456 e. The number of carbonyl (C=O) groups is 1. The van der Waals surface area contributed by atoms with Crippen LogP contribution in [0.4, 0.5) is 10.1 Å². The van der Waals surface area contributed by atoms with Crippen LogP contribution in [0.2, 0.25) is 0 Å². The number of ether oxygens (including phenoxy) is 2. The Hall–Kier alpha value is -1.62. The van der Waals surface area contributed by atoms with Crippen LogP contribution in [0, 0.1) is 5.82 Å². The van der Waals surface area contributed by atoms with Crippen LogP contribution in [-0.4, -0.2) is 25.3 Å². The highest BCUT2D eigenvalue weighted by Crippen LogP contribution is 2.17. The molecule has 1 aliphatic rings. The van der Waals surface area contributed by atoms with E-state index in [0.717, 1.165) is 6.07 Å². The molecule has 0 amide bonds. The number of esters is 1. The van der Waals surface area contributed by atoms with E-state index >= 15 is 0 Å². The second-order valence-electron chi connectivity index (χ2n) is 3.62. The molecule has 0 radical (unpaired) electrons. The monoisotopic (exact) mass is 225 g/mol. The lowest BCUT2D eigenvalue weighted by Crippen LogP contribution is -2.19. The molecule has 1 aromatic carbocycles. The summed E-state index contributed by atoms with van der Waals surface area (Å²) >= 11 is 0. The van der Waals surface area contributed by atoms with Gasteiger partial charge in [-0.2, -0.15) is 0 Å². The van der Waals surface area contributed by atoms with Gasteiger partial charge in [-0.3, -0.25) is 0 Å². The number of carbonyl (C=O) groups excluding carboxylic acids is 1. The first-order valence-corrected chi connectivity index (χ1v) is 5.00. The van der Waals surface area contributed by atoms with Crippen molar-refractivity contribution in [2.24, 2.45) is 0 Å². The summed E-state index contributed by atoms with van der Waals surface area (Å²) in [6.45, 7) is 0.970. The molecule has 1 aromatic rings. The van der Waals surface area contributed by atoms with Crippen LogP contribution < -0.4 is 5.73 Å². The Labute approximate surface area is 92.1 Å². The van der Waals surface area contributed by atoms with Gasteiger partial charge in [-0.25, -0.2) is 9.18 Å². The first-order valence-electron chi connectivity index (χ1n) is 5.00. The second-order valence-corrected chi connectivity index (χ2v) is 3.62. The van der Waals surface area contributed by atoms with Gasteiger partial charge in [0.05, 0.1) is 18.8 Å². The fourth-order valence-electron chi connectivity index (χ4n) is 1.53. The van der Waals surface area contributed by atoms with Crippen LogP contribution in [0.3, 0.4) is 0 Å². The van der Waals surface area contributed by atoms with Crippen LogP contribution >= 0.6 is 0 Å². The molecular formula is C11H12FNO3. The number of anilines is 1. The minimum atomic E-state index is -0.604. The van der Waals surface area contributed by atoms with Gasteiger partial charge in [-0.1, -0.05) is 0 Å². The second kappa shape index (κ2) is 4.49. The average molecular weight is 225 g/mol. The highest BCUT2D eigenvalue weighted by molar-refractivity contribution is 5.95. The lowest BCUT2D eigenvalue weighted by atomic mass is 10.2. The fourth-order valence-corrected chi connectivity index (χ4v) is 1.53. The number of hydrogen-bond acceptors (Lipinski definition) is 4. The molecule has 2 N–H and O–H groups in total. The summed E-state index contributed by atoms with van der Waals surface area (Å²) in [5.74, 6) is -1.11. The van der Waals surface area contributed by atoms with E-state index in [1.165, 1.54) is 12.1 Å². The van der Waals surface area contributed by atoms with Gasteiger partial charge in [-0.05, 0) is 18.2 Å². The predicted octanol–water partition coefficient (Wildman–Crippen LogP) is 1.35. The summed E-state index contributed by atoms with van der Waals surface area (Å²) in [6.07, 6.45) is 0.413. The summed E-state index contributed by atoms with van der Waals surface area (Å²) < 4.78 is 23.1. The summed E-state index contributed by atoms with van der Waals surface area (Å²) in [6, 6.07) is 3.62.